The highest BCUT2D eigenvalue weighted by Crippen LogP contribution is 2.19. The Kier molecular flexibility index (Phi) is 4.20. The SMILES string of the molecule is C#C/C=C(C)\C=C/CC(F)(F)F. The quantitative estimate of drug-likeness (QED) is 0.445. The summed E-state index contributed by atoms with van der Waals surface area (Å²) in [5, 5.41) is 0. The van der Waals surface area contributed by atoms with E-state index in [-0.39, 0.29) is 0 Å². The zero-order valence-electron chi connectivity index (χ0n) is 6.65. The van der Waals surface area contributed by atoms with Gasteiger partial charge in [0.05, 0.1) is 6.42 Å². The lowest BCUT2D eigenvalue weighted by molar-refractivity contribution is -0.125. The van der Waals surface area contributed by atoms with Crippen molar-refractivity contribution in [3.05, 3.63) is 23.8 Å². The summed E-state index contributed by atoms with van der Waals surface area (Å²) in [6, 6.07) is 0. The normalized spacial score (nSPS) is 13.4. The van der Waals surface area contributed by atoms with Crippen molar-refractivity contribution in [2.24, 2.45) is 0 Å². The molecule has 0 bridgehead atoms. The van der Waals surface area contributed by atoms with Crippen molar-refractivity contribution in [3.8, 4) is 12.3 Å². The number of rotatable bonds is 2. The molecular weight excluding hydrogens is 165 g/mol. The molecule has 0 fully saturated rings. The molecule has 0 N–H and O–H groups in total. The Morgan fingerprint density at radius 3 is 2.50 bits per heavy atom. The molecule has 0 saturated carbocycles. The van der Waals surface area contributed by atoms with Gasteiger partial charge in [-0.05, 0) is 18.6 Å². The van der Waals surface area contributed by atoms with Gasteiger partial charge in [0.25, 0.3) is 0 Å². The molecular formula is C9H9F3. The summed E-state index contributed by atoms with van der Waals surface area (Å²) in [4.78, 5) is 0. The lowest BCUT2D eigenvalue weighted by atomic mass is 10.2. The van der Waals surface area contributed by atoms with Crippen molar-refractivity contribution >= 4 is 0 Å². The first-order valence-corrected chi connectivity index (χ1v) is 3.32. The van der Waals surface area contributed by atoms with Gasteiger partial charge in [-0.15, -0.1) is 6.42 Å². The maximum absolute atomic E-state index is 11.6. The Hall–Kier alpha value is -1.17. The molecule has 0 radical (unpaired) electrons. The van der Waals surface area contributed by atoms with Crippen LogP contribution in [0.4, 0.5) is 13.2 Å². The highest BCUT2D eigenvalue weighted by Gasteiger charge is 2.24. The minimum Gasteiger partial charge on any atom is -0.171 e. The molecule has 0 atom stereocenters. The van der Waals surface area contributed by atoms with Crippen LogP contribution in [-0.2, 0) is 0 Å². The molecule has 0 spiro atoms. The monoisotopic (exact) mass is 174 g/mol. The number of hydrogen-bond donors (Lipinski definition) is 0. The van der Waals surface area contributed by atoms with Crippen molar-refractivity contribution in [2.75, 3.05) is 0 Å². The smallest absolute Gasteiger partial charge is 0.171 e. The fourth-order valence-corrected chi connectivity index (χ4v) is 0.558. The van der Waals surface area contributed by atoms with E-state index in [1.54, 1.807) is 6.92 Å². The van der Waals surface area contributed by atoms with Crippen molar-refractivity contribution in [1.29, 1.82) is 0 Å². The Morgan fingerprint density at radius 2 is 2.08 bits per heavy atom. The van der Waals surface area contributed by atoms with Crippen LogP contribution in [0.15, 0.2) is 23.8 Å². The van der Waals surface area contributed by atoms with Gasteiger partial charge in [-0.2, -0.15) is 13.2 Å². The van der Waals surface area contributed by atoms with Crippen molar-refractivity contribution < 1.29 is 13.2 Å². The second-order valence-corrected chi connectivity index (χ2v) is 2.28. The molecule has 0 amide bonds. The summed E-state index contributed by atoms with van der Waals surface area (Å²) in [6.45, 7) is 1.65. The van der Waals surface area contributed by atoms with Crippen LogP contribution in [0, 0.1) is 12.3 Å². The van der Waals surface area contributed by atoms with Crippen LogP contribution in [0.5, 0.6) is 0 Å². The average molecular weight is 174 g/mol. The molecule has 0 rings (SSSR count). The molecule has 0 heterocycles. The molecule has 0 aromatic heterocycles. The Labute approximate surface area is 69.8 Å². The number of terminal acetylenes is 1. The predicted octanol–water partition coefficient (Wildman–Crippen LogP) is 3.07. The first kappa shape index (κ1) is 10.8. The Bertz CT molecular complexity index is 225. The molecule has 0 aromatic carbocycles. The van der Waals surface area contributed by atoms with Gasteiger partial charge >= 0.3 is 6.18 Å². The second-order valence-electron chi connectivity index (χ2n) is 2.28. The minimum absolute atomic E-state index is 0.641. The van der Waals surface area contributed by atoms with E-state index in [0.717, 1.165) is 6.08 Å². The number of halogens is 3. The van der Waals surface area contributed by atoms with Crippen LogP contribution in [0.25, 0.3) is 0 Å². The minimum atomic E-state index is -4.13. The molecule has 0 saturated heterocycles. The van der Waals surface area contributed by atoms with Crippen molar-refractivity contribution in [3.63, 3.8) is 0 Å². The van der Waals surface area contributed by atoms with E-state index in [4.69, 9.17) is 6.42 Å². The Balaban J connectivity index is 3.95. The van der Waals surface area contributed by atoms with Crippen LogP contribution in [0.2, 0.25) is 0 Å². The summed E-state index contributed by atoms with van der Waals surface area (Å²) in [5.74, 6) is 2.22. The lowest BCUT2D eigenvalue weighted by Crippen LogP contribution is -2.03. The molecule has 3 heteroatoms. The van der Waals surface area contributed by atoms with Crippen LogP contribution < -0.4 is 0 Å². The molecule has 0 aliphatic carbocycles. The third-order valence-electron chi connectivity index (χ3n) is 1.04. The van der Waals surface area contributed by atoms with Crippen LogP contribution in [0.1, 0.15) is 13.3 Å². The van der Waals surface area contributed by atoms with Crippen LogP contribution >= 0.6 is 0 Å². The molecule has 0 aliphatic heterocycles. The van der Waals surface area contributed by atoms with E-state index in [9.17, 15) is 13.2 Å². The summed E-state index contributed by atoms with van der Waals surface area (Å²) in [7, 11) is 0. The highest BCUT2D eigenvalue weighted by molar-refractivity contribution is 5.24. The third-order valence-corrected chi connectivity index (χ3v) is 1.04. The van der Waals surface area contributed by atoms with E-state index < -0.39 is 12.6 Å². The van der Waals surface area contributed by atoms with Crippen LogP contribution in [-0.4, -0.2) is 6.18 Å². The number of allylic oxidation sites excluding steroid dienone is 4. The number of alkyl halides is 3. The van der Waals surface area contributed by atoms with Crippen LogP contribution in [0.3, 0.4) is 0 Å². The zero-order valence-corrected chi connectivity index (χ0v) is 6.65. The lowest BCUT2D eigenvalue weighted by Gasteiger charge is -1.99. The summed E-state index contributed by atoms with van der Waals surface area (Å²) >= 11 is 0. The summed E-state index contributed by atoms with van der Waals surface area (Å²) in [6.07, 6.45) is 3.67. The summed E-state index contributed by atoms with van der Waals surface area (Å²) in [5.41, 5.74) is 0.641. The largest absolute Gasteiger partial charge is 0.392 e. The van der Waals surface area contributed by atoms with Gasteiger partial charge in [0, 0.05) is 0 Å². The van der Waals surface area contributed by atoms with Crippen molar-refractivity contribution in [2.45, 2.75) is 19.5 Å². The predicted molar refractivity (Wildman–Crippen MR) is 42.4 cm³/mol. The molecule has 0 unspecified atom stereocenters. The van der Waals surface area contributed by atoms with E-state index in [1.165, 1.54) is 12.2 Å². The van der Waals surface area contributed by atoms with Gasteiger partial charge < -0.3 is 0 Å². The summed E-state index contributed by atoms with van der Waals surface area (Å²) < 4.78 is 34.7. The fraction of sp³-hybridized carbons (Fsp3) is 0.333. The van der Waals surface area contributed by atoms with Gasteiger partial charge in [-0.25, -0.2) is 0 Å². The molecule has 0 aromatic rings. The highest BCUT2D eigenvalue weighted by atomic mass is 19.4. The standard InChI is InChI=1S/C9H9F3/c1-3-5-8(2)6-4-7-9(10,11)12/h1,4-6H,7H2,2H3/b6-4-,8-5-. The maximum atomic E-state index is 11.6. The third kappa shape index (κ3) is 6.94. The van der Waals surface area contributed by atoms with E-state index in [0.29, 0.717) is 5.57 Å². The van der Waals surface area contributed by atoms with E-state index in [1.807, 2.05) is 0 Å². The molecule has 66 valence electrons. The topological polar surface area (TPSA) is 0 Å². The molecule has 12 heavy (non-hydrogen) atoms. The first-order chi connectivity index (χ1) is 5.45. The Morgan fingerprint density at radius 1 is 1.50 bits per heavy atom. The number of hydrogen-bond acceptors (Lipinski definition) is 0. The van der Waals surface area contributed by atoms with Gasteiger partial charge in [-0.3, -0.25) is 0 Å². The van der Waals surface area contributed by atoms with Crippen molar-refractivity contribution in [1.82, 2.24) is 0 Å². The van der Waals surface area contributed by atoms with Gasteiger partial charge in [-0.1, -0.05) is 18.1 Å². The maximum Gasteiger partial charge on any atom is 0.392 e. The van der Waals surface area contributed by atoms with Gasteiger partial charge in [0.1, 0.15) is 0 Å². The average Bonchev–Trinajstić information content (AvgIpc) is 1.84. The second kappa shape index (κ2) is 4.66. The first-order valence-electron chi connectivity index (χ1n) is 3.32. The molecule has 0 nitrogen and oxygen atoms in total. The zero-order chi connectivity index (χ0) is 9.61. The fourth-order valence-electron chi connectivity index (χ4n) is 0.558. The van der Waals surface area contributed by atoms with E-state index >= 15 is 0 Å². The molecule has 0 aliphatic rings. The van der Waals surface area contributed by atoms with Gasteiger partial charge in [0.2, 0.25) is 0 Å². The van der Waals surface area contributed by atoms with Gasteiger partial charge in [0.15, 0.2) is 0 Å². The van der Waals surface area contributed by atoms with E-state index in [2.05, 4.69) is 5.92 Å².